The lowest BCUT2D eigenvalue weighted by Crippen LogP contribution is -2.47. The number of hydrogen-bond donors (Lipinski definition) is 3. The van der Waals surface area contributed by atoms with Crippen LogP contribution in [-0.4, -0.2) is 46.4 Å². The van der Waals surface area contributed by atoms with Crippen molar-refractivity contribution in [2.24, 2.45) is 0 Å². The third-order valence-corrected chi connectivity index (χ3v) is 3.89. The van der Waals surface area contributed by atoms with Gasteiger partial charge in [0.05, 0.1) is 12.1 Å². The van der Waals surface area contributed by atoms with E-state index in [4.69, 9.17) is 9.84 Å². The Hall–Kier alpha value is -1.14. The molecule has 19 heavy (non-hydrogen) atoms. The highest BCUT2D eigenvalue weighted by atomic mass is 16.5. The van der Waals surface area contributed by atoms with Crippen LogP contribution in [0.15, 0.2) is 0 Å². The SMILES string of the molecule is O=C(NC1CCCCCC1O)[C@@H]1CC[C@H](C(=O)O)O1. The Labute approximate surface area is 112 Å². The lowest BCUT2D eigenvalue weighted by Gasteiger charge is -2.23. The first kappa shape index (κ1) is 14.3. The molecule has 1 saturated carbocycles. The highest BCUT2D eigenvalue weighted by Gasteiger charge is 2.36. The summed E-state index contributed by atoms with van der Waals surface area (Å²) in [5, 5.41) is 21.6. The molecule has 0 aromatic carbocycles. The van der Waals surface area contributed by atoms with E-state index in [-0.39, 0.29) is 11.9 Å². The molecule has 108 valence electrons. The fourth-order valence-corrected chi connectivity index (χ4v) is 2.74. The fourth-order valence-electron chi connectivity index (χ4n) is 2.74. The lowest BCUT2D eigenvalue weighted by molar-refractivity contribution is -0.152. The average molecular weight is 271 g/mol. The molecule has 1 aliphatic heterocycles. The molecule has 1 amide bonds. The number of aliphatic hydroxyl groups excluding tert-OH is 1. The zero-order chi connectivity index (χ0) is 13.8. The van der Waals surface area contributed by atoms with Crippen LogP contribution in [0.1, 0.15) is 44.9 Å². The van der Waals surface area contributed by atoms with Crippen LogP contribution in [0, 0.1) is 0 Å². The molecule has 6 nitrogen and oxygen atoms in total. The van der Waals surface area contributed by atoms with E-state index in [0.29, 0.717) is 19.3 Å². The molecule has 1 heterocycles. The molecule has 3 N–H and O–H groups in total. The van der Waals surface area contributed by atoms with Gasteiger partial charge in [-0.05, 0) is 25.7 Å². The maximum atomic E-state index is 12.0. The van der Waals surface area contributed by atoms with E-state index in [1.807, 2.05) is 0 Å². The second-order valence-electron chi connectivity index (χ2n) is 5.35. The van der Waals surface area contributed by atoms with Crippen LogP contribution in [-0.2, 0) is 14.3 Å². The summed E-state index contributed by atoms with van der Waals surface area (Å²) >= 11 is 0. The molecule has 2 fully saturated rings. The third kappa shape index (κ3) is 3.67. The molecule has 2 rings (SSSR count). The Morgan fingerprint density at radius 2 is 1.68 bits per heavy atom. The zero-order valence-corrected chi connectivity index (χ0v) is 10.9. The van der Waals surface area contributed by atoms with Crippen molar-refractivity contribution < 1.29 is 24.5 Å². The highest BCUT2D eigenvalue weighted by molar-refractivity contribution is 5.82. The number of nitrogens with one attached hydrogen (secondary N) is 1. The predicted octanol–water partition coefficient (Wildman–Crippen LogP) is 0.428. The summed E-state index contributed by atoms with van der Waals surface area (Å²) in [7, 11) is 0. The van der Waals surface area contributed by atoms with E-state index in [1.165, 1.54) is 0 Å². The number of carbonyl (C=O) groups excluding carboxylic acids is 1. The van der Waals surface area contributed by atoms with Crippen molar-refractivity contribution in [3.8, 4) is 0 Å². The van der Waals surface area contributed by atoms with Crippen molar-refractivity contribution in [3.63, 3.8) is 0 Å². The largest absolute Gasteiger partial charge is 0.479 e. The van der Waals surface area contributed by atoms with E-state index in [2.05, 4.69) is 5.32 Å². The molecule has 0 bridgehead atoms. The normalized spacial score (nSPS) is 35.6. The molecule has 0 aromatic heterocycles. The maximum absolute atomic E-state index is 12.0. The zero-order valence-electron chi connectivity index (χ0n) is 10.9. The number of ether oxygens (including phenoxy) is 1. The van der Waals surface area contributed by atoms with Crippen molar-refractivity contribution in [1.82, 2.24) is 5.32 Å². The number of carboxylic acid groups (broad SMARTS) is 1. The number of aliphatic hydroxyl groups is 1. The van der Waals surface area contributed by atoms with Crippen LogP contribution in [0.2, 0.25) is 0 Å². The van der Waals surface area contributed by atoms with Gasteiger partial charge in [-0.3, -0.25) is 4.79 Å². The van der Waals surface area contributed by atoms with Gasteiger partial charge in [0, 0.05) is 0 Å². The first-order chi connectivity index (χ1) is 9.08. The van der Waals surface area contributed by atoms with Gasteiger partial charge < -0.3 is 20.3 Å². The van der Waals surface area contributed by atoms with E-state index in [0.717, 1.165) is 25.7 Å². The minimum absolute atomic E-state index is 0.234. The summed E-state index contributed by atoms with van der Waals surface area (Å²) in [6.45, 7) is 0. The molecule has 0 spiro atoms. The van der Waals surface area contributed by atoms with Gasteiger partial charge in [0.15, 0.2) is 6.10 Å². The van der Waals surface area contributed by atoms with Crippen LogP contribution in [0.5, 0.6) is 0 Å². The topological polar surface area (TPSA) is 95.9 Å². The van der Waals surface area contributed by atoms with Gasteiger partial charge in [-0.15, -0.1) is 0 Å². The molecule has 2 unspecified atom stereocenters. The second-order valence-corrected chi connectivity index (χ2v) is 5.35. The molecule has 0 radical (unpaired) electrons. The molecule has 0 aromatic rings. The predicted molar refractivity (Wildman–Crippen MR) is 66.6 cm³/mol. The number of amides is 1. The molecular formula is C13H21NO5. The van der Waals surface area contributed by atoms with Gasteiger partial charge in [-0.2, -0.15) is 0 Å². The highest BCUT2D eigenvalue weighted by Crippen LogP contribution is 2.22. The number of carboxylic acids is 1. The van der Waals surface area contributed by atoms with Gasteiger partial charge in [0.25, 0.3) is 0 Å². The van der Waals surface area contributed by atoms with Crippen LogP contribution in [0.3, 0.4) is 0 Å². The smallest absolute Gasteiger partial charge is 0.332 e. The van der Waals surface area contributed by atoms with E-state index in [1.54, 1.807) is 0 Å². The van der Waals surface area contributed by atoms with Crippen LogP contribution >= 0.6 is 0 Å². The first-order valence-corrected chi connectivity index (χ1v) is 6.94. The fraction of sp³-hybridized carbons (Fsp3) is 0.846. The van der Waals surface area contributed by atoms with E-state index < -0.39 is 24.3 Å². The van der Waals surface area contributed by atoms with Crippen LogP contribution in [0.4, 0.5) is 0 Å². The molecule has 1 aliphatic carbocycles. The number of aliphatic carboxylic acids is 1. The Morgan fingerprint density at radius 1 is 1.00 bits per heavy atom. The van der Waals surface area contributed by atoms with Gasteiger partial charge in [-0.1, -0.05) is 19.3 Å². The number of rotatable bonds is 3. The average Bonchev–Trinajstić information content (AvgIpc) is 2.78. The van der Waals surface area contributed by atoms with Gasteiger partial charge in [0.2, 0.25) is 5.91 Å². The van der Waals surface area contributed by atoms with Gasteiger partial charge in [0.1, 0.15) is 6.10 Å². The minimum atomic E-state index is -1.02. The van der Waals surface area contributed by atoms with Crippen molar-refractivity contribution in [2.75, 3.05) is 0 Å². The van der Waals surface area contributed by atoms with Crippen LogP contribution < -0.4 is 5.32 Å². The maximum Gasteiger partial charge on any atom is 0.332 e. The summed E-state index contributed by atoms with van der Waals surface area (Å²) in [5.41, 5.74) is 0. The van der Waals surface area contributed by atoms with Gasteiger partial charge >= 0.3 is 5.97 Å². The third-order valence-electron chi connectivity index (χ3n) is 3.89. The minimum Gasteiger partial charge on any atom is -0.479 e. The van der Waals surface area contributed by atoms with Crippen LogP contribution in [0.25, 0.3) is 0 Å². The molecular weight excluding hydrogens is 250 g/mol. The summed E-state index contributed by atoms with van der Waals surface area (Å²) in [6, 6.07) is -0.234. The molecule has 2 aliphatic rings. The van der Waals surface area contributed by atoms with Gasteiger partial charge in [-0.25, -0.2) is 4.79 Å². The summed E-state index contributed by atoms with van der Waals surface area (Å²) < 4.78 is 5.20. The summed E-state index contributed by atoms with van der Waals surface area (Å²) in [5.74, 6) is -1.32. The second kappa shape index (κ2) is 6.34. The van der Waals surface area contributed by atoms with Crippen molar-refractivity contribution in [1.29, 1.82) is 0 Å². The molecule has 4 atom stereocenters. The van der Waals surface area contributed by atoms with Crippen molar-refractivity contribution in [3.05, 3.63) is 0 Å². The molecule has 6 heteroatoms. The lowest BCUT2D eigenvalue weighted by atomic mass is 10.1. The van der Waals surface area contributed by atoms with E-state index >= 15 is 0 Å². The van der Waals surface area contributed by atoms with Crippen molar-refractivity contribution >= 4 is 11.9 Å². The number of carbonyl (C=O) groups is 2. The van der Waals surface area contributed by atoms with E-state index in [9.17, 15) is 14.7 Å². The number of hydrogen-bond acceptors (Lipinski definition) is 4. The summed E-state index contributed by atoms with van der Waals surface area (Å²) in [6.07, 6.45) is 3.21. The standard InChI is InChI=1S/C13H21NO5/c15-9-5-3-1-2-4-8(9)14-12(16)10-6-7-11(19-10)13(17)18/h8-11,15H,1-7H2,(H,14,16)(H,17,18)/t8?,9?,10-,11+/m0/s1. The monoisotopic (exact) mass is 271 g/mol. The first-order valence-electron chi connectivity index (χ1n) is 6.94. The summed E-state index contributed by atoms with van der Waals surface area (Å²) in [4.78, 5) is 22.8. The Morgan fingerprint density at radius 3 is 2.37 bits per heavy atom. The quantitative estimate of drug-likeness (QED) is 0.647. The van der Waals surface area contributed by atoms with Crippen molar-refractivity contribution in [2.45, 2.75) is 69.3 Å². The Kier molecular flexibility index (Phi) is 4.76. The Balaban J connectivity index is 1.85. The molecule has 1 saturated heterocycles. The Bertz CT molecular complexity index is 346.